The minimum Gasteiger partial charge on any atom is -0.365 e. The predicted octanol–water partition coefficient (Wildman–Crippen LogP) is 1.34. The van der Waals surface area contributed by atoms with Crippen molar-refractivity contribution in [3.05, 3.63) is 0 Å². The number of hydrogen-bond acceptors (Lipinski definition) is 2. The van der Waals surface area contributed by atoms with E-state index in [1.54, 1.807) is 20.8 Å². The lowest BCUT2D eigenvalue weighted by molar-refractivity contribution is -0.155. The molecular formula is C8H13FO2. The van der Waals surface area contributed by atoms with Crippen molar-refractivity contribution in [1.29, 1.82) is 0 Å². The topological polar surface area (TPSA) is 26.3 Å². The largest absolute Gasteiger partial charge is 0.365 e. The summed E-state index contributed by atoms with van der Waals surface area (Å²) in [5.41, 5.74) is 0. The van der Waals surface area contributed by atoms with E-state index in [0.29, 0.717) is 0 Å². The highest BCUT2D eigenvalue weighted by Gasteiger charge is 2.38. The van der Waals surface area contributed by atoms with Crippen molar-refractivity contribution in [3.8, 4) is 0 Å². The van der Waals surface area contributed by atoms with Gasteiger partial charge in [0.1, 0.15) is 12.3 Å². The molecule has 64 valence electrons. The van der Waals surface area contributed by atoms with Gasteiger partial charge in [-0.15, -0.1) is 0 Å². The normalized spacial score (nSPS) is 46.0. The van der Waals surface area contributed by atoms with Crippen molar-refractivity contribution in [2.75, 3.05) is 0 Å². The Bertz CT molecular complexity index is 169. The van der Waals surface area contributed by atoms with Crippen LogP contribution >= 0.6 is 0 Å². The number of halogens is 1. The van der Waals surface area contributed by atoms with Crippen LogP contribution < -0.4 is 0 Å². The van der Waals surface area contributed by atoms with Gasteiger partial charge in [-0.1, -0.05) is 6.92 Å². The summed E-state index contributed by atoms with van der Waals surface area (Å²) >= 11 is 0. The number of carbonyl (C=O) groups is 1. The van der Waals surface area contributed by atoms with Crippen LogP contribution in [0.3, 0.4) is 0 Å². The third kappa shape index (κ3) is 1.43. The van der Waals surface area contributed by atoms with Crippen molar-refractivity contribution >= 4 is 5.78 Å². The molecule has 4 unspecified atom stereocenters. The first-order valence-corrected chi connectivity index (χ1v) is 3.87. The molecule has 4 atom stereocenters. The van der Waals surface area contributed by atoms with E-state index in [1.807, 2.05) is 0 Å². The minimum absolute atomic E-state index is 0.129. The van der Waals surface area contributed by atoms with Crippen molar-refractivity contribution in [2.24, 2.45) is 5.92 Å². The summed E-state index contributed by atoms with van der Waals surface area (Å²) in [6.45, 7) is 4.94. The molecule has 0 bridgehead atoms. The van der Waals surface area contributed by atoms with Gasteiger partial charge in [-0.05, 0) is 13.8 Å². The summed E-state index contributed by atoms with van der Waals surface area (Å²) < 4.78 is 18.1. The summed E-state index contributed by atoms with van der Waals surface area (Å²) in [5.74, 6) is -0.635. The Balaban J connectivity index is 2.70. The lowest BCUT2D eigenvalue weighted by atomic mass is 9.91. The first-order chi connectivity index (χ1) is 5.04. The number of Topliss-reactive ketones (excluding diaryl/α,β-unsaturated/α-hetero) is 1. The molecule has 1 rings (SSSR count). The third-order valence-corrected chi connectivity index (χ3v) is 2.19. The molecule has 2 nitrogen and oxygen atoms in total. The van der Waals surface area contributed by atoms with Gasteiger partial charge in [0.2, 0.25) is 0 Å². The molecule has 0 saturated carbocycles. The van der Waals surface area contributed by atoms with Crippen molar-refractivity contribution in [2.45, 2.75) is 39.2 Å². The maximum absolute atomic E-state index is 13.0. The maximum atomic E-state index is 13.0. The van der Waals surface area contributed by atoms with Crippen LogP contribution in [0.15, 0.2) is 0 Å². The fourth-order valence-electron chi connectivity index (χ4n) is 1.40. The summed E-state index contributed by atoms with van der Waals surface area (Å²) in [5, 5.41) is 0. The molecule has 1 fully saturated rings. The fraction of sp³-hybridized carbons (Fsp3) is 0.875. The van der Waals surface area contributed by atoms with Gasteiger partial charge in [0, 0.05) is 0 Å². The third-order valence-electron chi connectivity index (χ3n) is 2.19. The second-order valence-corrected chi connectivity index (χ2v) is 3.12. The van der Waals surface area contributed by atoms with Crippen LogP contribution in [0.1, 0.15) is 20.8 Å². The Morgan fingerprint density at radius 3 is 2.45 bits per heavy atom. The van der Waals surface area contributed by atoms with E-state index in [-0.39, 0.29) is 5.78 Å². The van der Waals surface area contributed by atoms with E-state index in [9.17, 15) is 9.18 Å². The highest BCUT2D eigenvalue weighted by Crippen LogP contribution is 2.24. The van der Waals surface area contributed by atoms with Gasteiger partial charge in [-0.3, -0.25) is 4.79 Å². The molecule has 1 aliphatic rings. The van der Waals surface area contributed by atoms with Crippen molar-refractivity contribution < 1.29 is 13.9 Å². The van der Waals surface area contributed by atoms with Gasteiger partial charge < -0.3 is 4.74 Å². The van der Waals surface area contributed by atoms with Gasteiger partial charge in [0.15, 0.2) is 5.78 Å². The van der Waals surface area contributed by atoms with E-state index in [0.717, 1.165) is 0 Å². The van der Waals surface area contributed by atoms with Crippen LogP contribution in [0, 0.1) is 5.92 Å². The molecular weight excluding hydrogens is 147 g/mol. The SMILES string of the molecule is CC1OC(C)C(F)C(C)C1=O. The molecule has 0 amide bonds. The Hall–Kier alpha value is -0.440. The monoisotopic (exact) mass is 160 g/mol. The van der Waals surface area contributed by atoms with Gasteiger partial charge in [-0.2, -0.15) is 0 Å². The molecule has 0 aromatic carbocycles. The van der Waals surface area contributed by atoms with Crippen LogP contribution in [0.25, 0.3) is 0 Å². The van der Waals surface area contributed by atoms with Gasteiger partial charge in [0.05, 0.1) is 12.0 Å². The molecule has 11 heavy (non-hydrogen) atoms. The van der Waals surface area contributed by atoms with Gasteiger partial charge in [-0.25, -0.2) is 4.39 Å². The first-order valence-electron chi connectivity index (χ1n) is 3.87. The molecule has 0 aromatic rings. The van der Waals surface area contributed by atoms with Crippen LogP contribution in [-0.2, 0) is 9.53 Å². The van der Waals surface area contributed by atoms with Crippen LogP contribution in [0.4, 0.5) is 4.39 Å². The lowest BCUT2D eigenvalue weighted by Crippen LogP contribution is -2.46. The molecule has 0 N–H and O–H groups in total. The highest BCUT2D eigenvalue weighted by molar-refractivity contribution is 5.86. The Labute approximate surface area is 65.7 Å². The zero-order chi connectivity index (χ0) is 8.59. The minimum atomic E-state index is -1.14. The van der Waals surface area contributed by atoms with Crippen molar-refractivity contribution in [1.82, 2.24) is 0 Å². The lowest BCUT2D eigenvalue weighted by Gasteiger charge is -2.31. The van der Waals surface area contributed by atoms with Crippen LogP contribution in [-0.4, -0.2) is 24.2 Å². The van der Waals surface area contributed by atoms with Crippen LogP contribution in [0.5, 0.6) is 0 Å². The second-order valence-electron chi connectivity index (χ2n) is 3.12. The number of rotatable bonds is 0. The molecule has 0 aliphatic carbocycles. The molecule has 1 aliphatic heterocycles. The van der Waals surface area contributed by atoms with E-state index < -0.39 is 24.3 Å². The van der Waals surface area contributed by atoms with Gasteiger partial charge >= 0.3 is 0 Å². The summed E-state index contributed by atoms with van der Waals surface area (Å²) in [7, 11) is 0. The molecule has 0 aromatic heterocycles. The average molecular weight is 160 g/mol. The summed E-state index contributed by atoms with van der Waals surface area (Å²) in [6, 6.07) is 0. The number of alkyl halides is 1. The van der Waals surface area contributed by atoms with Crippen molar-refractivity contribution in [3.63, 3.8) is 0 Å². The van der Waals surface area contributed by atoms with Crippen LogP contribution in [0.2, 0.25) is 0 Å². The molecule has 1 heterocycles. The Morgan fingerprint density at radius 2 is 1.91 bits per heavy atom. The zero-order valence-corrected chi connectivity index (χ0v) is 7.00. The second kappa shape index (κ2) is 2.89. The summed E-state index contributed by atoms with van der Waals surface area (Å²) in [6.07, 6.45) is -2.02. The molecule has 0 radical (unpaired) electrons. The number of ketones is 1. The number of hydrogen-bond donors (Lipinski definition) is 0. The molecule has 3 heteroatoms. The predicted molar refractivity (Wildman–Crippen MR) is 39.1 cm³/mol. The summed E-state index contributed by atoms with van der Waals surface area (Å²) in [4.78, 5) is 11.1. The molecule has 0 spiro atoms. The Kier molecular flexibility index (Phi) is 2.28. The van der Waals surface area contributed by atoms with E-state index in [2.05, 4.69) is 0 Å². The number of carbonyl (C=O) groups excluding carboxylic acids is 1. The Morgan fingerprint density at radius 1 is 1.36 bits per heavy atom. The fourth-order valence-corrected chi connectivity index (χ4v) is 1.40. The maximum Gasteiger partial charge on any atom is 0.167 e. The highest BCUT2D eigenvalue weighted by atomic mass is 19.1. The quantitative estimate of drug-likeness (QED) is 0.534. The van der Waals surface area contributed by atoms with Gasteiger partial charge in [0.25, 0.3) is 0 Å². The van der Waals surface area contributed by atoms with E-state index >= 15 is 0 Å². The first kappa shape index (κ1) is 8.65. The average Bonchev–Trinajstić information content (AvgIpc) is 1.97. The van der Waals surface area contributed by atoms with E-state index in [4.69, 9.17) is 4.74 Å². The standard InChI is InChI=1S/C8H13FO2/c1-4-7(9)5(2)11-6(3)8(4)10/h4-7H,1-3H3. The van der Waals surface area contributed by atoms with E-state index in [1.165, 1.54) is 0 Å². The molecule has 1 saturated heterocycles. The zero-order valence-electron chi connectivity index (χ0n) is 7.00. The number of ether oxygens (including phenoxy) is 1. The smallest absolute Gasteiger partial charge is 0.167 e.